The number of methoxy groups -OCH3 is 3. The number of amides is 1. The number of benzene rings is 2. The number of carbonyl (C=O) groups is 1. The van der Waals surface area contributed by atoms with E-state index in [9.17, 15) is 4.79 Å². The highest BCUT2D eigenvalue weighted by molar-refractivity contribution is 5.94. The Morgan fingerprint density at radius 2 is 1.62 bits per heavy atom. The first kappa shape index (κ1) is 20.3. The van der Waals surface area contributed by atoms with Gasteiger partial charge in [0.15, 0.2) is 17.3 Å². The van der Waals surface area contributed by atoms with Crippen molar-refractivity contribution in [2.24, 2.45) is 0 Å². The average molecular weight is 396 g/mol. The van der Waals surface area contributed by atoms with Gasteiger partial charge in [0.2, 0.25) is 5.75 Å². The summed E-state index contributed by atoms with van der Waals surface area (Å²) in [6.07, 6.45) is 0. The van der Waals surface area contributed by atoms with Gasteiger partial charge in [0.1, 0.15) is 5.69 Å². The van der Waals surface area contributed by atoms with E-state index in [0.717, 1.165) is 11.1 Å². The Hall–Kier alpha value is -3.48. The van der Waals surface area contributed by atoms with E-state index in [1.54, 1.807) is 51.5 Å². The predicted octanol–water partition coefficient (Wildman–Crippen LogP) is 3.95. The van der Waals surface area contributed by atoms with Crippen molar-refractivity contribution in [1.82, 2.24) is 10.1 Å². The minimum absolute atomic E-state index is 0.0812. The predicted molar refractivity (Wildman–Crippen MR) is 109 cm³/mol. The van der Waals surface area contributed by atoms with Gasteiger partial charge in [0, 0.05) is 24.2 Å². The number of hydrogen-bond acceptors (Lipinski definition) is 6. The smallest absolute Gasteiger partial charge is 0.253 e. The van der Waals surface area contributed by atoms with Crippen LogP contribution in [0.25, 0.3) is 11.3 Å². The van der Waals surface area contributed by atoms with E-state index in [1.165, 1.54) is 0 Å². The number of aryl methyl sites for hydroxylation is 1. The highest BCUT2D eigenvalue weighted by Crippen LogP contribution is 2.41. The third-order valence-corrected chi connectivity index (χ3v) is 4.55. The molecule has 1 amide bonds. The average Bonchev–Trinajstić information content (AvgIpc) is 3.21. The second-order valence-corrected chi connectivity index (χ2v) is 6.62. The van der Waals surface area contributed by atoms with Gasteiger partial charge in [-0.25, -0.2) is 0 Å². The Balaban J connectivity index is 1.80. The molecule has 7 nitrogen and oxygen atoms in total. The molecule has 1 aromatic heterocycles. The van der Waals surface area contributed by atoms with Crippen molar-refractivity contribution >= 4 is 5.91 Å². The fraction of sp³-hybridized carbons (Fsp3) is 0.273. The molecule has 7 heteroatoms. The van der Waals surface area contributed by atoms with Crippen LogP contribution in [0.4, 0.5) is 0 Å². The summed E-state index contributed by atoms with van der Waals surface area (Å²) in [6.45, 7) is 2.30. The molecule has 0 N–H and O–H groups in total. The van der Waals surface area contributed by atoms with Crippen LogP contribution in [0.3, 0.4) is 0 Å². The molecule has 0 aliphatic heterocycles. The molecular formula is C22H24N2O5. The molecule has 0 bridgehead atoms. The third kappa shape index (κ3) is 4.34. The normalized spacial score (nSPS) is 10.5. The lowest BCUT2D eigenvalue weighted by atomic mass is 10.1. The molecule has 0 aliphatic rings. The molecule has 0 atom stereocenters. The second kappa shape index (κ2) is 8.68. The molecule has 0 spiro atoms. The van der Waals surface area contributed by atoms with Crippen LogP contribution >= 0.6 is 0 Å². The summed E-state index contributed by atoms with van der Waals surface area (Å²) in [6, 6.07) is 12.8. The summed E-state index contributed by atoms with van der Waals surface area (Å²) in [5.41, 5.74) is 3.10. The quantitative estimate of drug-likeness (QED) is 0.602. The zero-order chi connectivity index (χ0) is 21.0. The second-order valence-electron chi connectivity index (χ2n) is 6.62. The highest BCUT2D eigenvalue weighted by Gasteiger charge is 2.18. The third-order valence-electron chi connectivity index (χ3n) is 4.55. The minimum atomic E-state index is -0.0812. The molecule has 0 radical (unpaired) electrons. The van der Waals surface area contributed by atoms with Gasteiger partial charge >= 0.3 is 0 Å². The lowest BCUT2D eigenvalue weighted by molar-refractivity contribution is 0.0782. The maximum Gasteiger partial charge on any atom is 0.253 e. The fourth-order valence-electron chi connectivity index (χ4n) is 2.98. The molecule has 29 heavy (non-hydrogen) atoms. The zero-order valence-electron chi connectivity index (χ0n) is 17.2. The first-order valence-electron chi connectivity index (χ1n) is 9.05. The monoisotopic (exact) mass is 396 g/mol. The van der Waals surface area contributed by atoms with E-state index >= 15 is 0 Å². The molecule has 152 valence electrons. The summed E-state index contributed by atoms with van der Waals surface area (Å²) in [7, 11) is 6.39. The van der Waals surface area contributed by atoms with Crippen molar-refractivity contribution < 1.29 is 23.5 Å². The van der Waals surface area contributed by atoms with Crippen molar-refractivity contribution in [2.75, 3.05) is 28.4 Å². The topological polar surface area (TPSA) is 74.0 Å². The van der Waals surface area contributed by atoms with Crippen LogP contribution in [0.15, 0.2) is 47.0 Å². The SMILES string of the molecule is COc1cc(-c2cc(CN(C)C(=O)c3ccc(C)cc3)no2)cc(OC)c1OC. The molecule has 0 saturated heterocycles. The summed E-state index contributed by atoms with van der Waals surface area (Å²) in [5, 5.41) is 4.09. The summed E-state index contributed by atoms with van der Waals surface area (Å²) in [4.78, 5) is 14.2. The number of aromatic nitrogens is 1. The van der Waals surface area contributed by atoms with Crippen LogP contribution in [0.2, 0.25) is 0 Å². The molecule has 3 rings (SSSR count). The summed E-state index contributed by atoms with van der Waals surface area (Å²) >= 11 is 0. The van der Waals surface area contributed by atoms with Gasteiger partial charge in [-0.05, 0) is 31.2 Å². The van der Waals surface area contributed by atoms with Gasteiger partial charge in [-0.15, -0.1) is 0 Å². The summed E-state index contributed by atoms with van der Waals surface area (Å²) < 4.78 is 21.6. The van der Waals surface area contributed by atoms with Gasteiger partial charge in [-0.3, -0.25) is 4.79 Å². The Kier molecular flexibility index (Phi) is 6.07. The van der Waals surface area contributed by atoms with Gasteiger partial charge < -0.3 is 23.6 Å². The van der Waals surface area contributed by atoms with Crippen LogP contribution < -0.4 is 14.2 Å². The van der Waals surface area contributed by atoms with Crippen LogP contribution in [0.1, 0.15) is 21.6 Å². The molecular weight excluding hydrogens is 372 g/mol. The van der Waals surface area contributed by atoms with Crippen LogP contribution in [0, 0.1) is 6.92 Å². The van der Waals surface area contributed by atoms with Crippen LogP contribution in [-0.4, -0.2) is 44.3 Å². The number of nitrogens with zero attached hydrogens (tertiary/aromatic N) is 2. The maximum absolute atomic E-state index is 12.6. The van der Waals surface area contributed by atoms with E-state index in [1.807, 2.05) is 31.2 Å². The molecule has 3 aromatic rings. The van der Waals surface area contributed by atoms with Gasteiger partial charge in [0.25, 0.3) is 5.91 Å². The van der Waals surface area contributed by atoms with Crippen molar-refractivity contribution in [3.63, 3.8) is 0 Å². The van der Waals surface area contributed by atoms with Gasteiger partial charge in [-0.1, -0.05) is 22.9 Å². The molecule has 0 fully saturated rings. The van der Waals surface area contributed by atoms with Crippen molar-refractivity contribution in [1.29, 1.82) is 0 Å². The van der Waals surface area contributed by atoms with Gasteiger partial charge in [-0.2, -0.15) is 0 Å². The fourth-order valence-corrected chi connectivity index (χ4v) is 2.98. The number of rotatable bonds is 7. The lowest BCUT2D eigenvalue weighted by Crippen LogP contribution is -2.26. The standard InChI is InChI=1S/C22H24N2O5/c1-14-6-8-15(9-7-14)22(25)24(2)13-17-12-18(29-23-17)16-10-19(26-3)21(28-5)20(11-16)27-4/h6-12H,13H2,1-5H3. The molecule has 1 heterocycles. The Bertz CT molecular complexity index is 970. The highest BCUT2D eigenvalue weighted by atomic mass is 16.5. The molecule has 0 unspecified atom stereocenters. The number of ether oxygens (including phenoxy) is 3. The zero-order valence-corrected chi connectivity index (χ0v) is 17.2. The number of hydrogen-bond donors (Lipinski definition) is 0. The van der Waals surface area contributed by atoms with Crippen LogP contribution in [-0.2, 0) is 6.54 Å². The van der Waals surface area contributed by atoms with Gasteiger partial charge in [0.05, 0.1) is 27.9 Å². The van der Waals surface area contributed by atoms with E-state index in [2.05, 4.69) is 5.16 Å². The Labute approximate surface area is 169 Å². The first-order chi connectivity index (χ1) is 14.0. The minimum Gasteiger partial charge on any atom is -0.493 e. The Morgan fingerprint density at radius 1 is 1.00 bits per heavy atom. The van der Waals surface area contributed by atoms with E-state index < -0.39 is 0 Å². The molecule has 0 saturated carbocycles. The van der Waals surface area contributed by atoms with Crippen molar-refractivity contribution in [2.45, 2.75) is 13.5 Å². The van der Waals surface area contributed by atoms with E-state index in [0.29, 0.717) is 40.8 Å². The van der Waals surface area contributed by atoms with E-state index in [4.69, 9.17) is 18.7 Å². The molecule has 2 aromatic carbocycles. The van der Waals surface area contributed by atoms with Crippen LogP contribution in [0.5, 0.6) is 17.2 Å². The number of carbonyl (C=O) groups excluding carboxylic acids is 1. The Morgan fingerprint density at radius 3 is 2.17 bits per heavy atom. The first-order valence-corrected chi connectivity index (χ1v) is 9.05. The molecule has 0 aliphatic carbocycles. The van der Waals surface area contributed by atoms with Crippen molar-refractivity contribution in [3.05, 3.63) is 59.3 Å². The lowest BCUT2D eigenvalue weighted by Gasteiger charge is -2.15. The van der Waals surface area contributed by atoms with Crippen molar-refractivity contribution in [3.8, 4) is 28.6 Å². The van der Waals surface area contributed by atoms with E-state index in [-0.39, 0.29) is 5.91 Å². The largest absolute Gasteiger partial charge is 0.493 e. The maximum atomic E-state index is 12.6. The summed E-state index contributed by atoms with van der Waals surface area (Å²) in [5.74, 6) is 2.00.